The van der Waals surface area contributed by atoms with Crippen LogP contribution in [0.1, 0.15) is 29.4 Å². The highest BCUT2D eigenvalue weighted by Gasteiger charge is 2.16. The Morgan fingerprint density at radius 1 is 1.20 bits per heavy atom. The summed E-state index contributed by atoms with van der Waals surface area (Å²) in [6.45, 7) is 4.31. The van der Waals surface area contributed by atoms with Gasteiger partial charge >= 0.3 is 0 Å². The van der Waals surface area contributed by atoms with Crippen LogP contribution in [0, 0.1) is 6.92 Å². The van der Waals surface area contributed by atoms with Gasteiger partial charge in [-0.05, 0) is 37.1 Å². The fraction of sp³-hybridized carbons (Fsp3) is 0.211. The van der Waals surface area contributed by atoms with Crippen molar-refractivity contribution in [3.05, 3.63) is 69.1 Å². The highest BCUT2D eigenvalue weighted by Crippen LogP contribution is 2.21. The number of carbonyl (C=O) groups is 1. The van der Waals surface area contributed by atoms with Crippen LogP contribution in [0.4, 0.5) is 5.69 Å². The molecule has 0 aliphatic heterocycles. The number of nitrogens with zero attached hydrogens (tertiary/aromatic N) is 2. The largest absolute Gasteiger partial charge is 0.321 e. The van der Waals surface area contributed by atoms with E-state index in [0.29, 0.717) is 28.0 Å². The smallest absolute Gasteiger partial charge is 0.276 e. The summed E-state index contributed by atoms with van der Waals surface area (Å²) < 4.78 is 1.35. The van der Waals surface area contributed by atoms with E-state index in [0.717, 1.165) is 12.0 Å². The third-order valence-corrected chi connectivity index (χ3v) is 4.36. The van der Waals surface area contributed by atoms with Crippen LogP contribution in [0.5, 0.6) is 0 Å². The summed E-state index contributed by atoms with van der Waals surface area (Å²) in [5.41, 5.74) is 1.55. The molecule has 25 heavy (non-hydrogen) atoms. The number of aryl methyl sites for hydroxylation is 2. The number of nitrogens with one attached hydrogen (secondary N) is 1. The van der Waals surface area contributed by atoms with E-state index in [1.54, 1.807) is 36.4 Å². The number of fused-ring (bicyclic) bond motifs is 1. The van der Waals surface area contributed by atoms with E-state index < -0.39 is 0 Å². The Bertz CT molecular complexity index is 1010. The number of anilines is 1. The van der Waals surface area contributed by atoms with Crippen LogP contribution < -0.4 is 10.9 Å². The van der Waals surface area contributed by atoms with E-state index in [4.69, 9.17) is 11.6 Å². The summed E-state index contributed by atoms with van der Waals surface area (Å²) in [6, 6.07) is 12.3. The van der Waals surface area contributed by atoms with E-state index in [-0.39, 0.29) is 17.2 Å². The van der Waals surface area contributed by atoms with Crippen molar-refractivity contribution in [3.63, 3.8) is 0 Å². The summed E-state index contributed by atoms with van der Waals surface area (Å²) >= 11 is 6.11. The number of hydrogen-bond donors (Lipinski definition) is 1. The molecule has 0 saturated carbocycles. The van der Waals surface area contributed by atoms with Gasteiger partial charge in [-0.25, -0.2) is 4.68 Å². The molecule has 1 amide bonds. The molecule has 128 valence electrons. The third kappa shape index (κ3) is 3.42. The van der Waals surface area contributed by atoms with Crippen molar-refractivity contribution in [3.8, 4) is 0 Å². The minimum absolute atomic E-state index is 0.188. The summed E-state index contributed by atoms with van der Waals surface area (Å²) in [4.78, 5) is 25.2. The monoisotopic (exact) mass is 355 g/mol. The van der Waals surface area contributed by atoms with Gasteiger partial charge in [-0.15, -0.1) is 0 Å². The van der Waals surface area contributed by atoms with Crippen LogP contribution >= 0.6 is 11.6 Å². The van der Waals surface area contributed by atoms with Gasteiger partial charge in [-0.2, -0.15) is 5.10 Å². The van der Waals surface area contributed by atoms with E-state index in [1.165, 1.54) is 4.68 Å². The second-order valence-electron chi connectivity index (χ2n) is 5.84. The Hall–Kier alpha value is -2.66. The molecule has 3 rings (SSSR count). The summed E-state index contributed by atoms with van der Waals surface area (Å²) in [6.07, 6.45) is 0.750. The van der Waals surface area contributed by atoms with Crippen molar-refractivity contribution in [2.24, 2.45) is 0 Å². The van der Waals surface area contributed by atoms with Gasteiger partial charge in [0.15, 0.2) is 5.69 Å². The highest BCUT2D eigenvalue weighted by atomic mass is 35.5. The lowest BCUT2D eigenvalue weighted by Crippen LogP contribution is -2.27. The second kappa shape index (κ2) is 7.07. The zero-order chi connectivity index (χ0) is 18.0. The van der Waals surface area contributed by atoms with E-state index in [2.05, 4.69) is 10.4 Å². The van der Waals surface area contributed by atoms with Crippen molar-refractivity contribution in [1.82, 2.24) is 9.78 Å². The van der Waals surface area contributed by atoms with Crippen LogP contribution in [0.15, 0.2) is 47.3 Å². The molecule has 0 saturated heterocycles. The molecular weight excluding hydrogens is 338 g/mol. The first-order valence-corrected chi connectivity index (χ1v) is 8.46. The minimum Gasteiger partial charge on any atom is -0.321 e. The average Bonchev–Trinajstić information content (AvgIpc) is 2.61. The number of amides is 1. The van der Waals surface area contributed by atoms with Crippen molar-refractivity contribution in [1.29, 1.82) is 0 Å². The first-order valence-electron chi connectivity index (χ1n) is 8.08. The van der Waals surface area contributed by atoms with Crippen molar-refractivity contribution < 1.29 is 4.79 Å². The molecule has 0 spiro atoms. The SMILES string of the molecule is CCCn1nc(C(=O)Nc2ccc(C)c(Cl)c2)c2ccccc2c1=O. The molecule has 0 aliphatic carbocycles. The molecule has 0 aliphatic rings. The maximum Gasteiger partial charge on any atom is 0.276 e. The van der Waals surface area contributed by atoms with E-state index >= 15 is 0 Å². The van der Waals surface area contributed by atoms with Gasteiger partial charge in [-0.1, -0.05) is 42.8 Å². The number of halogens is 1. The Kier molecular flexibility index (Phi) is 4.86. The van der Waals surface area contributed by atoms with Gasteiger partial charge in [0.1, 0.15) is 0 Å². The Balaban J connectivity index is 2.07. The fourth-order valence-corrected chi connectivity index (χ4v) is 2.81. The molecule has 1 N–H and O–H groups in total. The van der Waals surface area contributed by atoms with Gasteiger partial charge in [0.25, 0.3) is 11.5 Å². The first-order chi connectivity index (χ1) is 12.0. The third-order valence-electron chi connectivity index (χ3n) is 3.95. The molecule has 1 aromatic heterocycles. The molecule has 6 heteroatoms. The molecular formula is C19H18ClN3O2. The average molecular weight is 356 g/mol. The van der Waals surface area contributed by atoms with E-state index in [9.17, 15) is 9.59 Å². The lowest BCUT2D eigenvalue weighted by atomic mass is 10.1. The summed E-state index contributed by atoms with van der Waals surface area (Å²) in [7, 11) is 0. The molecule has 2 aromatic carbocycles. The number of aromatic nitrogens is 2. The molecule has 1 heterocycles. The van der Waals surface area contributed by atoms with Gasteiger partial charge in [-0.3, -0.25) is 9.59 Å². The highest BCUT2D eigenvalue weighted by molar-refractivity contribution is 6.31. The van der Waals surface area contributed by atoms with E-state index in [1.807, 2.05) is 19.9 Å². The Morgan fingerprint density at radius 3 is 2.60 bits per heavy atom. The topological polar surface area (TPSA) is 64.0 Å². The number of carbonyl (C=O) groups excluding carboxylic acids is 1. The maximum absolute atomic E-state index is 12.8. The normalized spacial score (nSPS) is 10.8. The van der Waals surface area contributed by atoms with Crippen molar-refractivity contribution >= 4 is 34.0 Å². The molecule has 0 unspecified atom stereocenters. The Morgan fingerprint density at radius 2 is 1.92 bits per heavy atom. The Labute approximate surface area is 150 Å². The molecule has 0 fully saturated rings. The lowest BCUT2D eigenvalue weighted by Gasteiger charge is -2.11. The van der Waals surface area contributed by atoms with Gasteiger partial charge in [0.05, 0.1) is 5.39 Å². The van der Waals surface area contributed by atoms with Crippen LogP contribution in [0.3, 0.4) is 0 Å². The van der Waals surface area contributed by atoms with Crippen LogP contribution in [-0.2, 0) is 6.54 Å². The standard InChI is InChI=1S/C19H18ClN3O2/c1-3-10-23-19(25)15-7-5-4-6-14(15)17(22-23)18(24)21-13-9-8-12(2)16(20)11-13/h4-9,11H,3,10H2,1-2H3,(H,21,24). The molecule has 0 bridgehead atoms. The maximum atomic E-state index is 12.8. The van der Waals surface area contributed by atoms with Crippen molar-refractivity contribution in [2.45, 2.75) is 26.8 Å². The number of rotatable bonds is 4. The summed E-state index contributed by atoms with van der Waals surface area (Å²) in [5, 5.41) is 8.69. The van der Waals surface area contributed by atoms with Crippen LogP contribution in [0.2, 0.25) is 5.02 Å². The van der Waals surface area contributed by atoms with Gasteiger partial charge in [0.2, 0.25) is 0 Å². The predicted molar refractivity (Wildman–Crippen MR) is 100 cm³/mol. The lowest BCUT2D eigenvalue weighted by molar-refractivity contribution is 0.102. The van der Waals surface area contributed by atoms with Crippen LogP contribution in [-0.4, -0.2) is 15.7 Å². The van der Waals surface area contributed by atoms with Crippen molar-refractivity contribution in [2.75, 3.05) is 5.32 Å². The first kappa shape index (κ1) is 17.2. The second-order valence-corrected chi connectivity index (χ2v) is 6.25. The molecule has 0 atom stereocenters. The number of benzene rings is 2. The predicted octanol–water partition coefficient (Wildman–Crippen LogP) is 4.02. The fourth-order valence-electron chi connectivity index (χ4n) is 2.63. The molecule has 5 nitrogen and oxygen atoms in total. The van der Waals surface area contributed by atoms with Gasteiger partial charge < -0.3 is 5.32 Å². The van der Waals surface area contributed by atoms with Gasteiger partial charge in [0, 0.05) is 22.6 Å². The summed E-state index contributed by atoms with van der Waals surface area (Å²) in [5.74, 6) is -0.374. The van der Waals surface area contributed by atoms with Crippen LogP contribution in [0.25, 0.3) is 10.8 Å². The zero-order valence-electron chi connectivity index (χ0n) is 14.0. The zero-order valence-corrected chi connectivity index (χ0v) is 14.8. The quantitative estimate of drug-likeness (QED) is 0.768. The molecule has 3 aromatic rings. The minimum atomic E-state index is -0.374. The number of hydrogen-bond acceptors (Lipinski definition) is 3. The molecule has 0 radical (unpaired) electrons.